The average Bonchev–Trinajstić information content (AvgIpc) is 2.90. The molecule has 0 saturated heterocycles. The highest BCUT2D eigenvalue weighted by atomic mass is 35.5. The zero-order valence-corrected chi connectivity index (χ0v) is 12.9. The van der Waals surface area contributed by atoms with Crippen LogP contribution in [0, 0.1) is 11.3 Å². The molecule has 2 rings (SSSR count). The van der Waals surface area contributed by atoms with Gasteiger partial charge in [0.25, 0.3) is 5.91 Å². The molecule has 5 nitrogen and oxygen atoms in total. The predicted molar refractivity (Wildman–Crippen MR) is 85.6 cm³/mol. The van der Waals surface area contributed by atoms with E-state index in [2.05, 4.69) is 5.32 Å². The van der Waals surface area contributed by atoms with Crippen LogP contribution in [0.3, 0.4) is 0 Å². The zero-order valence-electron chi connectivity index (χ0n) is 12.1. The topological polar surface area (TPSA) is 67.0 Å². The maximum Gasteiger partial charge on any atom is 0.266 e. The van der Waals surface area contributed by atoms with Gasteiger partial charge in [-0.05, 0) is 36.4 Å². The van der Waals surface area contributed by atoms with Crippen molar-refractivity contribution in [3.05, 3.63) is 52.8 Å². The molecule has 0 spiro atoms. The van der Waals surface area contributed by atoms with Crippen LogP contribution in [0.1, 0.15) is 5.69 Å². The van der Waals surface area contributed by atoms with Gasteiger partial charge in [-0.1, -0.05) is 11.6 Å². The molecule has 6 heteroatoms. The van der Waals surface area contributed by atoms with Gasteiger partial charge in [-0.3, -0.25) is 4.79 Å². The van der Waals surface area contributed by atoms with Crippen molar-refractivity contribution in [1.82, 2.24) is 4.57 Å². The van der Waals surface area contributed by atoms with E-state index in [1.54, 1.807) is 18.2 Å². The predicted octanol–water partition coefficient (Wildman–Crippen LogP) is 3.23. The minimum Gasteiger partial charge on any atom is -0.495 e. The van der Waals surface area contributed by atoms with Crippen molar-refractivity contribution < 1.29 is 9.53 Å². The molecule has 1 heterocycles. The summed E-state index contributed by atoms with van der Waals surface area (Å²) in [6.45, 7) is 0. The Bertz CT molecular complexity index is 772. The summed E-state index contributed by atoms with van der Waals surface area (Å²) in [5.74, 6) is -0.0572. The van der Waals surface area contributed by atoms with Crippen LogP contribution in [0.15, 0.2) is 42.1 Å². The molecule has 0 radical (unpaired) electrons. The van der Waals surface area contributed by atoms with E-state index >= 15 is 0 Å². The average molecular weight is 316 g/mol. The number of halogens is 1. The summed E-state index contributed by atoms with van der Waals surface area (Å²) in [5, 5.41) is 12.3. The molecule has 0 bridgehead atoms. The van der Waals surface area contributed by atoms with Crippen molar-refractivity contribution in [3.63, 3.8) is 0 Å². The van der Waals surface area contributed by atoms with Gasteiger partial charge in [0, 0.05) is 24.0 Å². The first-order valence-electron chi connectivity index (χ1n) is 6.43. The number of nitrogens with one attached hydrogen (secondary N) is 1. The third-order valence-corrected chi connectivity index (χ3v) is 3.29. The summed E-state index contributed by atoms with van der Waals surface area (Å²) >= 11 is 5.92. The second kappa shape index (κ2) is 6.83. The molecule has 0 aliphatic rings. The number of carbonyl (C=O) groups excluding carboxylic acids is 1. The standard InChI is InChI=1S/C16H14ClN3O2/c1-20-7-3-4-13(20)8-11(10-18)16(21)19-14-9-12(17)5-6-15(14)22-2/h3-9H,1-2H3,(H,19,21)/b11-8+. The van der Waals surface area contributed by atoms with Crippen LogP contribution in [-0.2, 0) is 11.8 Å². The van der Waals surface area contributed by atoms with E-state index in [1.165, 1.54) is 13.2 Å². The van der Waals surface area contributed by atoms with Crippen molar-refractivity contribution in [2.45, 2.75) is 0 Å². The van der Waals surface area contributed by atoms with Crippen molar-refractivity contribution >= 4 is 29.3 Å². The smallest absolute Gasteiger partial charge is 0.266 e. The van der Waals surface area contributed by atoms with Crippen LogP contribution in [0.25, 0.3) is 6.08 Å². The Kier molecular flexibility index (Phi) is 4.87. The fourth-order valence-corrected chi connectivity index (χ4v) is 2.06. The Hall–Kier alpha value is -2.71. The number of nitriles is 1. The number of aryl methyl sites for hydroxylation is 1. The second-order valence-electron chi connectivity index (χ2n) is 4.51. The van der Waals surface area contributed by atoms with E-state index in [0.29, 0.717) is 16.5 Å². The molecule has 0 fully saturated rings. The van der Waals surface area contributed by atoms with E-state index in [1.807, 2.05) is 36.0 Å². The van der Waals surface area contributed by atoms with Crippen LogP contribution in [0.2, 0.25) is 5.02 Å². The van der Waals surface area contributed by atoms with Crippen molar-refractivity contribution in [1.29, 1.82) is 5.26 Å². The third kappa shape index (κ3) is 3.48. The van der Waals surface area contributed by atoms with Crippen LogP contribution in [0.5, 0.6) is 5.75 Å². The largest absolute Gasteiger partial charge is 0.495 e. The van der Waals surface area contributed by atoms with Crippen LogP contribution < -0.4 is 10.1 Å². The summed E-state index contributed by atoms with van der Waals surface area (Å²) in [5.41, 5.74) is 1.15. The van der Waals surface area contributed by atoms with Gasteiger partial charge in [-0.25, -0.2) is 0 Å². The summed E-state index contributed by atoms with van der Waals surface area (Å²) in [7, 11) is 3.32. The highest BCUT2D eigenvalue weighted by Crippen LogP contribution is 2.28. The van der Waals surface area contributed by atoms with Crippen LogP contribution >= 0.6 is 11.6 Å². The summed E-state index contributed by atoms with van der Waals surface area (Å²) < 4.78 is 6.97. The molecule has 1 aromatic heterocycles. The Balaban J connectivity index is 2.28. The fraction of sp³-hybridized carbons (Fsp3) is 0.125. The normalized spacial score (nSPS) is 10.9. The summed E-state index contributed by atoms with van der Waals surface area (Å²) in [6, 6.07) is 10.4. The molecule has 0 saturated carbocycles. The number of benzene rings is 1. The van der Waals surface area contributed by atoms with Gasteiger partial charge in [0.05, 0.1) is 12.8 Å². The fourth-order valence-electron chi connectivity index (χ4n) is 1.89. The van der Waals surface area contributed by atoms with Gasteiger partial charge >= 0.3 is 0 Å². The quantitative estimate of drug-likeness (QED) is 0.695. The Morgan fingerprint density at radius 2 is 2.23 bits per heavy atom. The third-order valence-electron chi connectivity index (χ3n) is 3.05. The van der Waals surface area contributed by atoms with Gasteiger partial charge < -0.3 is 14.6 Å². The lowest BCUT2D eigenvalue weighted by molar-refractivity contribution is -0.112. The summed E-state index contributed by atoms with van der Waals surface area (Å²) in [4.78, 5) is 12.3. The van der Waals surface area contributed by atoms with Crippen molar-refractivity contribution in [2.75, 3.05) is 12.4 Å². The maximum atomic E-state index is 12.3. The number of carbonyl (C=O) groups is 1. The number of anilines is 1. The Labute approximate surface area is 133 Å². The molecule has 1 amide bonds. The number of hydrogen-bond donors (Lipinski definition) is 1. The van der Waals surface area contributed by atoms with E-state index < -0.39 is 5.91 Å². The molecule has 2 aromatic rings. The molecular formula is C16H14ClN3O2. The Morgan fingerprint density at radius 1 is 1.45 bits per heavy atom. The van der Waals surface area contributed by atoms with E-state index in [4.69, 9.17) is 16.3 Å². The summed E-state index contributed by atoms with van der Waals surface area (Å²) in [6.07, 6.45) is 3.35. The van der Waals surface area contributed by atoms with Gasteiger partial charge in [0.1, 0.15) is 17.4 Å². The van der Waals surface area contributed by atoms with Crippen molar-refractivity contribution in [3.8, 4) is 11.8 Å². The van der Waals surface area contributed by atoms with E-state index in [0.717, 1.165) is 5.69 Å². The first kappa shape index (κ1) is 15.7. The molecule has 0 aliphatic heterocycles. The zero-order chi connectivity index (χ0) is 16.1. The van der Waals surface area contributed by atoms with Crippen LogP contribution in [-0.4, -0.2) is 17.6 Å². The molecule has 112 valence electrons. The van der Waals surface area contributed by atoms with Crippen LogP contribution in [0.4, 0.5) is 5.69 Å². The van der Waals surface area contributed by atoms with E-state index in [9.17, 15) is 10.1 Å². The lowest BCUT2D eigenvalue weighted by Gasteiger charge is -2.10. The highest BCUT2D eigenvalue weighted by molar-refractivity contribution is 6.31. The van der Waals surface area contributed by atoms with Crippen molar-refractivity contribution in [2.24, 2.45) is 7.05 Å². The molecule has 0 atom stereocenters. The number of methoxy groups -OCH3 is 1. The number of aromatic nitrogens is 1. The SMILES string of the molecule is COc1ccc(Cl)cc1NC(=O)/C(C#N)=C/c1cccn1C. The Morgan fingerprint density at radius 3 is 2.82 bits per heavy atom. The number of rotatable bonds is 4. The lowest BCUT2D eigenvalue weighted by Crippen LogP contribution is -2.14. The lowest BCUT2D eigenvalue weighted by atomic mass is 10.2. The van der Waals surface area contributed by atoms with Gasteiger partial charge in [0.2, 0.25) is 0 Å². The second-order valence-corrected chi connectivity index (χ2v) is 4.95. The molecular weight excluding hydrogens is 302 g/mol. The van der Waals surface area contributed by atoms with Gasteiger partial charge in [-0.15, -0.1) is 0 Å². The number of nitrogens with zero attached hydrogens (tertiary/aromatic N) is 2. The molecule has 0 aliphatic carbocycles. The highest BCUT2D eigenvalue weighted by Gasteiger charge is 2.13. The van der Waals surface area contributed by atoms with E-state index in [-0.39, 0.29) is 5.57 Å². The maximum absolute atomic E-state index is 12.3. The molecule has 0 unspecified atom stereocenters. The minimum absolute atomic E-state index is 0.0103. The van der Waals surface area contributed by atoms with Gasteiger partial charge in [-0.2, -0.15) is 5.26 Å². The molecule has 1 aromatic carbocycles. The molecule has 1 N–H and O–H groups in total. The first-order valence-corrected chi connectivity index (χ1v) is 6.81. The number of ether oxygens (including phenoxy) is 1. The minimum atomic E-state index is -0.524. The number of amides is 1. The van der Waals surface area contributed by atoms with Gasteiger partial charge in [0.15, 0.2) is 0 Å². The first-order chi connectivity index (χ1) is 10.5. The number of hydrogen-bond acceptors (Lipinski definition) is 3. The monoisotopic (exact) mass is 315 g/mol. The molecule has 22 heavy (non-hydrogen) atoms.